The molecule has 2 aromatic heterocycles. The zero-order chi connectivity index (χ0) is 15.1. The van der Waals surface area contributed by atoms with Crippen molar-refractivity contribution in [3.05, 3.63) is 75.7 Å². The van der Waals surface area contributed by atoms with Crippen LogP contribution in [0.25, 0.3) is 21.8 Å². The Hall–Kier alpha value is -2.59. The van der Waals surface area contributed by atoms with Crippen LogP contribution in [-0.4, -0.2) is 14.8 Å². The molecule has 5 heteroatoms. The Morgan fingerprint density at radius 3 is 2.64 bits per heavy atom. The van der Waals surface area contributed by atoms with E-state index in [1.165, 1.54) is 0 Å². The number of aromatic amines is 1. The van der Waals surface area contributed by atoms with Crippen LogP contribution in [0.4, 0.5) is 0 Å². The lowest BCUT2D eigenvalue weighted by atomic mass is 10.2. The summed E-state index contributed by atoms with van der Waals surface area (Å²) >= 11 is 5.94. The van der Waals surface area contributed by atoms with E-state index in [2.05, 4.69) is 10.2 Å². The second-order valence-electron chi connectivity index (χ2n) is 5.19. The van der Waals surface area contributed by atoms with Crippen LogP contribution in [-0.2, 0) is 6.54 Å². The van der Waals surface area contributed by atoms with Crippen LogP contribution in [0.5, 0.6) is 0 Å². The number of hydrogen-bond acceptors (Lipinski definition) is 2. The van der Waals surface area contributed by atoms with Crippen molar-refractivity contribution in [1.29, 1.82) is 0 Å². The van der Waals surface area contributed by atoms with Gasteiger partial charge in [0.15, 0.2) is 0 Å². The van der Waals surface area contributed by atoms with E-state index in [1.54, 1.807) is 6.20 Å². The maximum atomic E-state index is 12.3. The summed E-state index contributed by atoms with van der Waals surface area (Å²) in [5.74, 6) is 0. The van der Waals surface area contributed by atoms with Gasteiger partial charge in [0.2, 0.25) is 0 Å². The molecular weight excluding hydrogens is 298 g/mol. The summed E-state index contributed by atoms with van der Waals surface area (Å²) in [5.41, 5.74) is 2.57. The molecule has 0 unspecified atom stereocenters. The normalized spacial score (nSPS) is 11.3. The van der Waals surface area contributed by atoms with Gasteiger partial charge in [0.05, 0.1) is 6.20 Å². The first-order valence-electron chi connectivity index (χ1n) is 6.93. The van der Waals surface area contributed by atoms with E-state index < -0.39 is 0 Å². The number of fused-ring (bicyclic) bond motifs is 3. The molecule has 22 heavy (non-hydrogen) atoms. The van der Waals surface area contributed by atoms with Crippen molar-refractivity contribution in [3.8, 4) is 0 Å². The Kier molecular flexibility index (Phi) is 2.98. The summed E-state index contributed by atoms with van der Waals surface area (Å²) in [6.07, 6.45) is 1.71. The van der Waals surface area contributed by atoms with Crippen molar-refractivity contribution < 1.29 is 0 Å². The summed E-state index contributed by atoms with van der Waals surface area (Å²) in [7, 11) is 0. The largest absolute Gasteiger partial charge is 0.331 e. The van der Waals surface area contributed by atoms with Crippen LogP contribution in [0, 0.1) is 0 Å². The number of nitrogens with zero attached hydrogens (tertiary/aromatic N) is 2. The highest BCUT2D eigenvalue weighted by molar-refractivity contribution is 6.30. The maximum absolute atomic E-state index is 12.3. The van der Waals surface area contributed by atoms with Gasteiger partial charge in [0, 0.05) is 27.9 Å². The van der Waals surface area contributed by atoms with Crippen molar-refractivity contribution >= 4 is 33.4 Å². The van der Waals surface area contributed by atoms with Gasteiger partial charge in [-0.3, -0.25) is 4.79 Å². The second-order valence-corrected chi connectivity index (χ2v) is 5.63. The van der Waals surface area contributed by atoms with Gasteiger partial charge in [-0.15, -0.1) is 0 Å². The van der Waals surface area contributed by atoms with E-state index in [9.17, 15) is 4.79 Å². The van der Waals surface area contributed by atoms with E-state index in [0.29, 0.717) is 17.1 Å². The van der Waals surface area contributed by atoms with Crippen molar-refractivity contribution in [1.82, 2.24) is 14.8 Å². The molecule has 108 valence electrons. The first-order chi connectivity index (χ1) is 10.7. The molecule has 4 rings (SSSR count). The number of nitrogens with one attached hydrogen (secondary N) is 1. The third-order valence-corrected chi connectivity index (χ3v) is 4.09. The zero-order valence-corrected chi connectivity index (χ0v) is 12.3. The van der Waals surface area contributed by atoms with Crippen LogP contribution in [0.1, 0.15) is 5.56 Å². The molecular formula is C17H12ClN3O. The van der Waals surface area contributed by atoms with Gasteiger partial charge in [-0.2, -0.15) is 5.10 Å². The van der Waals surface area contributed by atoms with E-state index in [1.807, 2.05) is 53.1 Å². The summed E-state index contributed by atoms with van der Waals surface area (Å²) in [4.78, 5) is 12.3. The maximum Gasteiger partial charge on any atom is 0.288 e. The lowest BCUT2D eigenvalue weighted by Gasteiger charge is -2.07. The quantitative estimate of drug-likeness (QED) is 0.615. The molecule has 0 atom stereocenters. The number of aromatic nitrogens is 3. The Morgan fingerprint density at radius 2 is 1.82 bits per heavy atom. The standard InChI is InChI=1S/C17H12ClN3O/c18-12-7-5-11(6-8-12)10-21-15-4-2-1-3-13(15)14-9-19-20-17(22)16(14)21/h1-9H,10H2,(H,20,22). The smallest absolute Gasteiger partial charge is 0.288 e. The number of H-pyrrole nitrogens is 1. The molecule has 4 aromatic rings. The Bertz CT molecular complexity index is 1030. The topological polar surface area (TPSA) is 50.7 Å². The summed E-state index contributed by atoms with van der Waals surface area (Å²) < 4.78 is 2.02. The van der Waals surface area contributed by atoms with Crippen LogP contribution in [0.2, 0.25) is 5.02 Å². The molecule has 0 amide bonds. The summed E-state index contributed by atoms with van der Waals surface area (Å²) in [6, 6.07) is 15.6. The van der Waals surface area contributed by atoms with E-state index >= 15 is 0 Å². The minimum Gasteiger partial charge on any atom is -0.331 e. The first-order valence-corrected chi connectivity index (χ1v) is 7.31. The summed E-state index contributed by atoms with van der Waals surface area (Å²) in [5, 5.41) is 9.05. The van der Waals surface area contributed by atoms with E-state index in [4.69, 9.17) is 11.6 Å². The van der Waals surface area contributed by atoms with Gasteiger partial charge in [-0.05, 0) is 23.8 Å². The molecule has 0 bridgehead atoms. The molecule has 0 fully saturated rings. The number of para-hydroxylation sites is 1. The van der Waals surface area contributed by atoms with Crippen molar-refractivity contribution in [3.63, 3.8) is 0 Å². The van der Waals surface area contributed by atoms with Gasteiger partial charge in [-0.25, -0.2) is 5.10 Å². The fourth-order valence-electron chi connectivity index (χ4n) is 2.85. The Labute approximate surface area is 131 Å². The van der Waals surface area contributed by atoms with E-state index in [-0.39, 0.29) is 5.56 Å². The van der Waals surface area contributed by atoms with Crippen molar-refractivity contribution in [2.75, 3.05) is 0 Å². The molecule has 0 saturated heterocycles. The molecule has 0 aliphatic heterocycles. The molecule has 2 heterocycles. The zero-order valence-electron chi connectivity index (χ0n) is 11.6. The van der Waals surface area contributed by atoms with Crippen molar-refractivity contribution in [2.24, 2.45) is 0 Å². The highest BCUT2D eigenvalue weighted by Crippen LogP contribution is 2.26. The predicted molar refractivity (Wildman–Crippen MR) is 88.4 cm³/mol. The molecule has 2 aromatic carbocycles. The monoisotopic (exact) mass is 309 g/mol. The molecule has 4 nitrogen and oxygen atoms in total. The predicted octanol–water partition coefficient (Wildman–Crippen LogP) is 3.58. The van der Waals surface area contributed by atoms with Gasteiger partial charge < -0.3 is 4.57 Å². The first kappa shape index (κ1) is 13.1. The fraction of sp³-hybridized carbons (Fsp3) is 0.0588. The van der Waals surface area contributed by atoms with Gasteiger partial charge in [0.1, 0.15) is 5.52 Å². The highest BCUT2D eigenvalue weighted by Gasteiger charge is 2.13. The van der Waals surface area contributed by atoms with Crippen LogP contribution in [0.3, 0.4) is 0 Å². The minimum absolute atomic E-state index is 0.178. The lowest BCUT2D eigenvalue weighted by molar-refractivity contribution is 0.856. The minimum atomic E-state index is -0.178. The van der Waals surface area contributed by atoms with Gasteiger partial charge in [-0.1, -0.05) is 41.9 Å². The molecule has 0 saturated carbocycles. The average Bonchev–Trinajstić information content (AvgIpc) is 2.86. The number of benzene rings is 2. The SMILES string of the molecule is O=c1[nH]ncc2c3ccccc3n(Cc3ccc(Cl)cc3)c12. The van der Waals surface area contributed by atoms with Crippen LogP contribution >= 0.6 is 11.6 Å². The number of hydrogen-bond donors (Lipinski definition) is 1. The lowest BCUT2D eigenvalue weighted by Crippen LogP contribution is -2.12. The molecule has 1 N–H and O–H groups in total. The molecule has 0 spiro atoms. The number of rotatable bonds is 2. The molecule has 0 radical (unpaired) electrons. The third-order valence-electron chi connectivity index (χ3n) is 3.84. The van der Waals surface area contributed by atoms with E-state index in [0.717, 1.165) is 21.9 Å². The van der Waals surface area contributed by atoms with Crippen LogP contribution in [0.15, 0.2) is 59.5 Å². The number of halogens is 1. The van der Waals surface area contributed by atoms with Gasteiger partial charge >= 0.3 is 0 Å². The van der Waals surface area contributed by atoms with Crippen molar-refractivity contribution in [2.45, 2.75) is 6.54 Å². The second kappa shape index (κ2) is 5.00. The molecule has 0 aliphatic rings. The Morgan fingerprint density at radius 1 is 1.05 bits per heavy atom. The summed E-state index contributed by atoms with van der Waals surface area (Å²) in [6.45, 7) is 0.605. The Balaban J connectivity index is 2.02. The van der Waals surface area contributed by atoms with Crippen LogP contribution < -0.4 is 5.56 Å². The molecule has 0 aliphatic carbocycles. The highest BCUT2D eigenvalue weighted by atomic mass is 35.5. The van der Waals surface area contributed by atoms with Gasteiger partial charge in [0.25, 0.3) is 5.56 Å². The third kappa shape index (κ3) is 2.00. The fourth-order valence-corrected chi connectivity index (χ4v) is 2.98. The average molecular weight is 310 g/mol.